The fourth-order valence-corrected chi connectivity index (χ4v) is 6.55. The van der Waals surface area contributed by atoms with Crippen LogP contribution >= 0.6 is 15.9 Å². The number of amides is 1. The third-order valence-electron chi connectivity index (χ3n) is 7.89. The molecule has 2 N–H and O–H groups in total. The van der Waals surface area contributed by atoms with Gasteiger partial charge in [0.15, 0.2) is 0 Å². The number of anilines is 1. The number of carbonyl (C=O) groups excluding carboxylic acids is 2. The second-order valence-electron chi connectivity index (χ2n) is 9.44. The SMILES string of the molecule is O=C(OCC1(F)CCNCC1)[C@H]1[C@H](C(=O)Nc2ccc(Br)nc2)[C@@H]2CC[C@H]1C21CC1. The van der Waals surface area contributed by atoms with Gasteiger partial charge in [0.05, 0.1) is 23.7 Å². The molecule has 1 aliphatic heterocycles. The highest BCUT2D eigenvalue weighted by atomic mass is 79.9. The number of piperidine rings is 1. The molecular weight excluding hydrogens is 453 g/mol. The lowest BCUT2D eigenvalue weighted by atomic mass is 9.78. The molecule has 1 saturated heterocycles. The van der Waals surface area contributed by atoms with Crippen molar-refractivity contribution >= 4 is 33.5 Å². The number of ether oxygens (including phenoxy) is 1. The molecule has 1 amide bonds. The third kappa shape index (κ3) is 3.45. The number of hydrogen-bond donors (Lipinski definition) is 2. The van der Waals surface area contributed by atoms with Crippen molar-refractivity contribution in [1.29, 1.82) is 0 Å². The minimum Gasteiger partial charge on any atom is -0.462 e. The first-order valence-corrected chi connectivity index (χ1v) is 11.7. The van der Waals surface area contributed by atoms with E-state index in [4.69, 9.17) is 4.74 Å². The molecular formula is C22H27BrFN3O3. The van der Waals surface area contributed by atoms with Gasteiger partial charge in [0.1, 0.15) is 16.9 Å². The van der Waals surface area contributed by atoms with Crippen LogP contribution in [0.4, 0.5) is 10.1 Å². The fraction of sp³-hybridized carbons (Fsp3) is 0.682. The highest BCUT2D eigenvalue weighted by Gasteiger charge is 2.72. The molecule has 5 rings (SSSR count). The largest absolute Gasteiger partial charge is 0.462 e. The van der Waals surface area contributed by atoms with E-state index in [1.807, 2.05) is 0 Å². The van der Waals surface area contributed by atoms with Gasteiger partial charge in [-0.1, -0.05) is 0 Å². The van der Waals surface area contributed by atoms with Crippen LogP contribution in [0, 0.1) is 29.1 Å². The summed E-state index contributed by atoms with van der Waals surface area (Å²) in [6.07, 6.45) is 6.38. The molecule has 0 aromatic carbocycles. The summed E-state index contributed by atoms with van der Waals surface area (Å²) in [5.74, 6) is -1.03. The lowest BCUT2D eigenvalue weighted by molar-refractivity contribution is -0.159. The van der Waals surface area contributed by atoms with Crippen LogP contribution in [0.3, 0.4) is 0 Å². The molecule has 162 valence electrons. The Hall–Kier alpha value is -1.54. The number of aromatic nitrogens is 1. The molecule has 4 aliphatic rings. The molecule has 3 aliphatic carbocycles. The van der Waals surface area contributed by atoms with Crippen LogP contribution in [0.25, 0.3) is 0 Å². The maximum absolute atomic E-state index is 14.9. The number of esters is 1. The van der Waals surface area contributed by atoms with E-state index in [1.54, 1.807) is 18.3 Å². The molecule has 4 atom stereocenters. The van der Waals surface area contributed by atoms with Crippen LogP contribution in [0.5, 0.6) is 0 Å². The number of alkyl halides is 1. The summed E-state index contributed by atoms with van der Waals surface area (Å²) in [5, 5.41) is 6.08. The normalized spacial score (nSPS) is 32.7. The minimum absolute atomic E-state index is 0.117. The predicted molar refractivity (Wildman–Crippen MR) is 112 cm³/mol. The van der Waals surface area contributed by atoms with Gasteiger partial charge in [-0.3, -0.25) is 9.59 Å². The average Bonchev–Trinajstić information content (AvgIpc) is 3.41. The standard InChI is InChI=1S/C22H27BrFN3O3/c23-16-4-1-13(11-26-16)27-19(28)17-14-2-3-15(22(14)5-6-22)18(17)20(29)30-12-21(24)7-9-25-10-8-21/h1,4,11,14-15,17-18,25H,2-3,5-10,12H2,(H,27,28)/t14-,15+,17+,18+/m0/s1. The Morgan fingerprint density at radius 1 is 1.17 bits per heavy atom. The number of nitrogens with one attached hydrogen (secondary N) is 2. The molecule has 2 bridgehead atoms. The molecule has 4 fully saturated rings. The van der Waals surface area contributed by atoms with Crippen LogP contribution in [0.2, 0.25) is 0 Å². The van der Waals surface area contributed by atoms with Gasteiger partial charge in [0, 0.05) is 0 Å². The van der Waals surface area contributed by atoms with Crippen molar-refractivity contribution in [3.05, 3.63) is 22.9 Å². The van der Waals surface area contributed by atoms with E-state index in [9.17, 15) is 14.0 Å². The lowest BCUT2D eigenvalue weighted by Crippen LogP contribution is -2.44. The first kappa shape index (κ1) is 20.4. The summed E-state index contributed by atoms with van der Waals surface area (Å²) in [4.78, 5) is 30.5. The average molecular weight is 480 g/mol. The van der Waals surface area contributed by atoms with E-state index in [0.717, 1.165) is 25.7 Å². The summed E-state index contributed by atoms with van der Waals surface area (Å²) < 4.78 is 21.2. The molecule has 8 heteroatoms. The molecule has 0 radical (unpaired) electrons. The van der Waals surface area contributed by atoms with E-state index in [0.29, 0.717) is 36.2 Å². The van der Waals surface area contributed by atoms with Gasteiger partial charge in [-0.25, -0.2) is 9.37 Å². The number of rotatable bonds is 5. The van der Waals surface area contributed by atoms with E-state index >= 15 is 0 Å². The Kier molecular flexibility index (Phi) is 5.13. The van der Waals surface area contributed by atoms with Gasteiger partial charge in [0.2, 0.25) is 5.91 Å². The van der Waals surface area contributed by atoms with Gasteiger partial charge < -0.3 is 15.4 Å². The van der Waals surface area contributed by atoms with Gasteiger partial charge in [-0.05, 0) is 96.9 Å². The Labute approximate surface area is 183 Å². The summed E-state index contributed by atoms with van der Waals surface area (Å²) in [5.41, 5.74) is -0.733. The molecule has 2 heterocycles. The Balaban J connectivity index is 1.32. The monoisotopic (exact) mass is 479 g/mol. The molecule has 1 spiro atoms. The summed E-state index contributed by atoms with van der Waals surface area (Å²) in [6, 6.07) is 3.55. The molecule has 30 heavy (non-hydrogen) atoms. The Morgan fingerprint density at radius 2 is 1.87 bits per heavy atom. The highest BCUT2D eigenvalue weighted by Crippen LogP contribution is 2.74. The van der Waals surface area contributed by atoms with Crippen molar-refractivity contribution in [3.63, 3.8) is 0 Å². The van der Waals surface area contributed by atoms with Crippen LogP contribution in [0.15, 0.2) is 22.9 Å². The van der Waals surface area contributed by atoms with E-state index in [2.05, 4.69) is 31.5 Å². The molecule has 1 aromatic heterocycles. The maximum atomic E-state index is 14.9. The zero-order chi connectivity index (χ0) is 20.9. The predicted octanol–water partition coefficient (Wildman–Crippen LogP) is 3.47. The van der Waals surface area contributed by atoms with Crippen molar-refractivity contribution < 1.29 is 18.7 Å². The number of pyridine rings is 1. The van der Waals surface area contributed by atoms with E-state index in [1.165, 1.54) is 0 Å². The van der Waals surface area contributed by atoms with Gasteiger partial charge in [0.25, 0.3) is 0 Å². The lowest BCUT2D eigenvalue weighted by Gasteiger charge is -2.32. The van der Waals surface area contributed by atoms with Crippen molar-refractivity contribution in [2.75, 3.05) is 25.0 Å². The minimum atomic E-state index is -1.46. The molecule has 0 unspecified atom stereocenters. The Morgan fingerprint density at radius 3 is 2.50 bits per heavy atom. The van der Waals surface area contributed by atoms with Gasteiger partial charge in [-0.15, -0.1) is 0 Å². The Bertz CT molecular complexity index is 839. The highest BCUT2D eigenvalue weighted by molar-refractivity contribution is 9.10. The smallest absolute Gasteiger partial charge is 0.310 e. The quantitative estimate of drug-likeness (QED) is 0.499. The summed E-state index contributed by atoms with van der Waals surface area (Å²) >= 11 is 3.29. The summed E-state index contributed by atoms with van der Waals surface area (Å²) in [6.45, 7) is 0.981. The fourth-order valence-electron chi connectivity index (χ4n) is 6.32. The number of nitrogens with zero attached hydrogens (tertiary/aromatic N) is 1. The number of halogens is 2. The van der Waals surface area contributed by atoms with Crippen LogP contribution < -0.4 is 10.6 Å². The van der Waals surface area contributed by atoms with Crippen molar-refractivity contribution in [2.24, 2.45) is 29.1 Å². The molecule has 1 aromatic rings. The number of hydrogen-bond acceptors (Lipinski definition) is 5. The summed E-state index contributed by atoms with van der Waals surface area (Å²) in [7, 11) is 0. The van der Waals surface area contributed by atoms with E-state index < -0.39 is 23.5 Å². The zero-order valence-electron chi connectivity index (χ0n) is 16.8. The van der Waals surface area contributed by atoms with Crippen molar-refractivity contribution in [3.8, 4) is 0 Å². The van der Waals surface area contributed by atoms with Gasteiger partial charge in [-0.2, -0.15) is 0 Å². The number of carbonyl (C=O) groups is 2. The first-order valence-electron chi connectivity index (χ1n) is 10.9. The van der Waals surface area contributed by atoms with Crippen LogP contribution in [0.1, 0.15) is 38.5 Å². The second-order valence-corrected chi connectivity index (χ2v) is 10.3. The molecule has 6 nitrogen and oxygen atoms in total. The van der Waals surface area contributed by atoms with Crippen LogP contribution in [-0.2, 0) is 14.3 Å². The zero-order valence-corrected chi connectivity index (χ0v) is 18.4. The topological polar surface area (TPSA) is 80.3 Å². The maximum Gasteiger partial charge on any atom is 0.310 e. The van der Waals surface area contributed by atoms with Crippen molar-refractivity contribution in [1.82, 2.24) is 10.3 Å². The van der Waals surface area contributed by atoms with Crippen LogP contribution in [-0.4, -0.2) is 42.2 Å². The second kappa shape index (κ2) is 7.55. The van der Waals surface area contributed by atoms with Gasteiger partial charge >= 0.3 is 5.97 Å². The van der Waals surface area contributed by atoms with Crippen molar-refractivity contribution in [2.45, 2.75) is 44.2 Å². The van der Waals surface area contributed by atoms with E-state index in [-0.39, 0.29) is 29.8 Å². The molecule has 3 saturated carbocycles. The third-order valence-corrected chi connectivity index (χ3v) is 8.36. The first-order chi connectivity index (χ1) is 14.4.